The number of hydrogen-bond donors (Lipinski definition) is 2. The molecule has 1 heterocycles. The summed E-state index contributed by atoms with van der Waals surface area (Å²) in [5.74, 6) is 0.271. The van der Waals surface area contributed by atoms with E-state index in [0.717, 1.165) is 56.4 Å². The van der Waals surface area contributed by atoms with Crippen molar-refractivity contribution in [1.29, 1.82) is 0 Å². The van der Waals surface area contributed by atoms with Gasteiger partial charge in [-0.15, -0.1) is 0 Å². The van der Waals surface area contributed by atoms with E-state index < -0.39 is 0 Å². The zero-order valence-electron chi connectivity index (χ0n) is 15.8. The number of nitrogens with one attached hydrogen (secondary N) is 1. The van der Waals surface area contributed by atoms with E-state index in [1.54, 1.807) is 0 Å². The van der Waals surface area contributed by atoms with E-state index in [1.165, 1.54) is 32.9 Å². The summed E-state index contributed by atoms with van der Waals surface area (Å²) < 4.78 is 2.43. The summed E-state index contributed by atoms with van der Waals surface area (Å²) in [6.45, 7) is 5.09. The zero-order chi connectivity index (χ0) is 18.5. The van der Waals surface area contributed by atoms with Gasteiger partial charge in [0.05, 0.1) is 6.10 Å². The predicted molar refractivity (Wildman–Crippen MR) is 109 cm³/mol. The fraction of sp³-hybridized carbons (Fsp3) is 0.435. The Morgan fingerprint density at radius 2 is 1.85 bits per heavy atom. The largest absolute Gasteiger partial charge is 0.388 e. The molecule has 0 saturated carbocycles. The van der Waals surface area contributed by atoms with Gasteiger partial charge in [0, 0.05) is 40.3 Å². The second-order valence-electron chi connectivity index (χ2n) is 7.85. The van der Waals surface area contributed by atoms with E-state index in [9.17, 15) is 9.90 Å². The van der Waals surface area contributed by atoms with Crippen molar-refractivity contribution in [2.45, 2.75) is 51.7 Å². The van der Waals surface area contributed by atoms with Gasteiger partial charge in [0.15, 0.2) is 5.78 Å². The van der Waals surface area contributed by atoms with Crippen LogP contribution in [-0.4, -0.2) is 28.5 Å². The topological polar surface area (TPSA) is 54.3 Å². The molecule has 1 aromatic heterocycles. The summed E-state index contributed by atoms with van der Waals surface area (Å²) in [7, 11) is 0. The van der Waals surface area contributed by atoms with Gasteiger partial charge in [-0.2, -0.15) is 0 Å². The quantitative estimate of drug-likeness (QED) is 0.677. The van der Waals surface area contributed by atoms with Crippen molar-refractivity contribution in [3.63, 3.8) is 0 Å². The summed E-state index contributed by atoms with van der Waals surface area (Å²) in [5, 5.41) is 16.3. The average molecular weight is 362 g/mol. The summed E-state index contributed by atoms with van der Waals surface area (Å²) in [5.41, 5.74) is 7.00. The second kappa shape index (κ2) is 6.47. The number of aliphatic hydroxyl groups excluding tert-OH is 1. The van der Waals surface area contributed by atoms with Gasteiger partial charge in [-0.3, -0.25) is 4.79 Å². The maximum absolute atomic E-state index is 12.3. The van der Waals surface area contributed by atoms with Crippen molar-refractivity contribution in [2.24, 2.45) is 0 Å². The van der Waals surface area contributed by atoms with E-state index >= 15 is 0 Å². The van der Waals surface area contributed by atoms with Crippen LogP contribution in [0.4, 0.5) is 0 Å². The zero-order valence-corrected chi connectivity index (χ0v) is 15.8. The average Bonchev–Trinajstić information content (AvgIpc) is 3.33. The molecule has 0 amide bonds. The molecule has 0 aliphatic heterocycles. The molecule has 0 spiro atoms. The van der Waals surface area contributed by atoms with E-state index in [2.05, 4.69) is 35.0 Å². The third kappa shape index (κ3) is 2.47. The molecule has 1 unspecified atom stereocenters. The van der Waals surface area contributed by atoms with Gasteiger partial charge >= 0.3 is 0 Å². The molecule has 2 aliphatic rings. The molecule has 5 rings (SSSR count). The number of rotatable bonds is 5. The lowest BCUT2D eigenvalue weighted by atomic mass is 9.97. The van der Waals surface area contributed by atoms with Crippen LogP contribution >= 0.6 is 0 Å². The van der Waals surface area contributed by atoms with Gasteiger partial charge in [-0.05, 0) is 73.7 Å². The van der Waals surface area contributed by atoms with Crippen LogP contribution in [0.2, 0.25) is 0 Å². The Balaban J connectivity index is 1.78. The normalized spacial score (nSPS) is 18.6. The highest BCUT2D eigenvalue weighted by Gasteiger charge is 2.29. The molecule has 0 bridgehead atoms. The van der Waals surface area contributed by atoms with Crippen molar-refractivity contribution in [1.82, 2.24) is 9.88 Å². The van der Waals surface area contributed by atoms with Crippen LogP contribution in [0.3, 0.4) is 0 Å². The van der Waals surface area contributed by atoms with Crippen LogP contribution in [0.25, 0.3) is 21.8 Å². The lowest BCUT2D eigenvalue weighted by molar-refractivity contribution is 0.0994. The minimum atomic E-state index is -0.352. The summed E-state index contributed by atoms with van der Waals surface area (Å²) >= 11 is 0. The van der Waals surface area contributed by atoms with Gasteiger partial charge in [0.25, 0.3) is 0 Å². The number of Topliss-reactive ketones (excluding diaryl/α,β-unsaturated/α-hetero) is 1. The number of nitrogens with zero attached hydrogens (tertiary/aromatic N) is 1. The lowest BCUT2D eigenvalue weighted by Crippen LogP contribution is -2.15. The molecule has 4 nitrogen and oxygen atoms in total. The Kier molecular flexibility index (Phi) is 4.06. The second-order valence-corrected chi connectivity index (χ2v) is 7.85. The van der Waals surface area contributed by atoms with E-state index in [1.807, 2.05) is 6.07 Å². The molecule has 2 aliphatic carbocycles. The lowest BCUT2D eigenvalue weighted by Gasteiger charge is -2.09. The standard InChI is InChI=1S/C23H26N2O2/c1-2-24-12-3-13-25-18-8-4-14-16(6-10-20(14)26)22(18)23-17-7-11-21(27)15(17)5-9-19(23)25/h4-5,8-9,20,24,26H,2-3,6-7,10-13H2,1H3. The number of aliphatic hydroxyl groups is 1. The van der Waals surface area contributed by atoms with Gasteiger partial charge in [0.2, 0.25) is 0 Å². The number of aromatic nitrogens is 1. The molecule has 4 heteroatoms. The number of fused-ring (bicyclic) bond motifs is 7. The molecule has 2 aromatic carbocycles. The highest BCUT2D eigenvalue weighted by atomic mass is 16.3. The van der Waals surface area contributed by atoms with Crippen LogP contribution < -0.4 is 5.32 Å². The Morgan fingerprint density at radius 3 is 2.67 bits per heavy atom. The number of carbonyl (C=O) groups is 1. The van der Waals surface area contributed by atoms with Crippen LogP contribution in [-0.2, 0) is 19.4 Å². The molecule has 27 heavy (non-hydrogen) atoms. The highest BCUT2D eigenvalue weighted by Crippen LogP contribution is 2.43. The molecule has 0 saturated heterocycles. The first-order chi connectivity index (χ1) is 13.2. The Hall–Kier alpha value is -2.17. The van der Waals surface area contributed by atoms with Gasteiger partial charge in [-0.1, -0.05) is 13.0 Å². The number of aryl methyl sites for hydroxylation is 3. The predicted octanol–water partition coefficient (Wildman–Crippen LogP) is 3.90. The van der Waals surface area contributed by atoms with Crippen LogP contribution in [0.15, 0.2) is 24.3 Å². The summed E-state index contributed by atoms with van der Waals surface area (Å²) in [6.07, 6.45) is 3.91. The highest BCUT2D eigenvalue weighted by molar-refractivity contribution is 6.16. The number of carbonyl (C=O) groups excluding carboxylic acids is 1. The smallest absolute Gasteiger partial charge is 0.163 e. The fourth-order valence-corrected chi connectivity index (χ4v) is 5.12. The number of ketones is 1. The SMILES string of the molecule is CCNCCCn1c2ccc3c(c2c2c4c(ccc21)C(O)CC4)CCC3=O. The van der Waals surface area contributed by atoms with E-state index in [-0.39, 0.29) is 11.9 Å². The van der Waals surface area contributed by atoms with Crippen LogP contribution in [0.1, 0.15) is 59.3 Å². The third-order valence-electron chi connectivity index (χ3n) is 6.36. The molecule has 0 fully saturated rings. The molecule has 0 radical (unpaired) electrons. The summed E-state index contributed by atoms with van der Waals surface area (Å²) in [6, 6.07) is 8.46. The van der Waals surface area contributed by atoms with Crippen molar-refractivity contribution < 1.29 is 9.90 Å². The molecular formula is C23H26N2O2. The molecular weight excluding hydrogens is 336 g/mol. The van der Waals surface area contributed by atoms with Crippen LogP contribution in [0, 0.1) is 0 Å². The monoisotopic (exact) mass is 362 g/mol. The van der Waals surface area contributed by atoms with Crippen molar-refractivity contribution in [3.8, 4) is 0 Å². The van der Waals surface area contributed by atoms with Crippen LogP contribution in [0.5, 0.6) is 0 Å². The van der Waals surface area contributed by atoms with Crippen molar-refractivity contribution >= 4 is 27.6 Å². The Bertz CT molecular complexity index is 1060. The first kappa shape index (κ1) is 17.0. The Labute approximate surface area is 159 Å². The number of hydrogen-bond acceptors (Lipinski definition) is 3. The van der Waals surface area contributed by atoms with Crippen molar-refractivity contribution in [3.05, 3.63) is 46.5 Å². The van der Waals surface area contributed by atoms with Gasteiger partial charge in [-0.25, -0.2) is 0 Å². The molecule has 1 atom stereocenters. The molecule has 140 valence electrons. The van der Waals surface area contributed by atoms with Gasteiger partial charge < -0.3 is 15.0 Å². The number of benzene rings is 2. The Morgan fingerprint density at radius 1 is 1.07 bits per heavy atom. The molecule has 3 aromatic rings. The minimum absolute atomic E-state index is 0.271. The van der Waals surface area contributed by atoms with E-state index in [4.69, 9.17) is 0 Å². The van der Waals surface area contributed by atoms with Crippen molar-refractivity contribution in [2.75, 3.05) is 13.1 Å². The third-order valence-corrected chi connectivity index (χ3v) is 6.36. The molecule has 2 N–H and O–H groups in total. The first-order valence-electron chi connectivity index (χ1n) is 10.2. The first-order valence-corrected chi connectivity index (χ1v) is 10.2. The minimum Gasteiger partial charge on any atom is -0.388 e. The van der Waals surface area contributed by atoms with E-state index in [0.29, 0.717) is 6.42 Å². The maximum Gasteiger partial charge on any atom is 0.163 e. The fourth-order valence-electron chi connectivity index (χ4n) is 5.12. The van der Waals surface area contributed by atoms with Gasteiger partial charge in [0.1, 0.15) is 0 Å². The summed E-state index contributed by atoms with van der Waals surface area (Å²) in [4.78, 5) is 12.3. The maximum atomic E-state index is 12.3.